The monoisotopic (exact) mass is 344 g/mol. The smallest absolute Gasteiger partial charge is 0.0700 e. The first-order valence-corrected chi connectivity index (χ1v) is 9.43. The van der Waals surface area contributed by atoms with Crippen molar-refractivity contribution in [2.24, 2.45) is 16.2 Å². The lowest BCUT2D eigenvalue weighted by atomic mass is 9.85. The van der Waals surface area contributed by atoms with Crippen LogP contribution in [-0.4, -0.2) is 52.9 Å². The number of hydrogen-bond acceptors (Lipinski definition) is 4. The number of hydrogen-bond donors (Lipinski definition) is 0. The molecular formula is C20H40O4. The standard InChI is InChI=1S/C7H14O2.C7H14O.C6H12O/c1-7(2)5-8-3-4-9-6-7;1-7(2)3-5-8-6-4-7;1-6(2)3-4-7-5-6/h3-6H2,1-2H3;3-6H2,1-2H3;3-5H2,1-2H3. The molecule has 0 atom stereocenters. The Labute approximate surface area is 149 Å². The van der Waals surface area contributed by atoms with Crippen LogP contribution in [0, 0.1) is 16.2 Å². The van der Waals surface area contributed by atoms with Crippen molar-refractivity contribution in [3.05, 3.63) is 0 Å². The molecule has 0 aliphatic carbocycles. The molecule has 144 valence electrons. The van der Waals surface area contributed by atoms with E-state index in [0.29, 0.717) is 10.8 Å². The number of rotatable bonds is 0. The van der Waals surface area contributed by atoms with Gasteiger partial charge in [-0.05, 0) is 30.1 Å². The molecule has 4 heteroatoms. The molecule has 0 aromatic heterocycles. The Morgan fingerprint density at radius 1 is 0.417 bits per heavy atom. The average Bonchev–Trinajstić information content (AvgIpc) is 2.76. The summed E-state index contributed by atoms with van der Waals surface area (Å²) in [7, 11) is 0. The van der Waals surface area contributed by atoms with Gasteiger partial charge in [0, 0.05) is 25.2 Å². The third-order valence-corrected chi connectivity index (χ3v) is 4.62. The van der Waals surface area contributed by atoms with Crippen LogP contribution in [0.25, 0.3) is 0 Å². The van der Waals surface area contributed by atoms with E-state index < -0.39 is 0 Å². The molecule has 0 unspecified atom stereocenters. The van der Waals surface area contributed by atoms with E-state index in [9.17, 15) is 0 Å². The highest BCUT2D eigenvalue weighted by atomic mass is 16.5. The first kappa shape index (κ1) is 21.9. The van der Waals surface area contributed by atoms with Gasteiger partial charge in [0.1, 0.15) is 0 Å². The zero-order chi connectivity index (χ0) is 18.1. The topological polar surface area (TPSA) is 36.9 Å². The first-order chi connectivity index (χ1) is 11.1. The highest BCUT2D eigenvalue weighted by Crippen LogP contribution is 2.28. The molecule has 0 aromatic carbocycles. The normalized spacial score (nSPS) is 27.8. The second-order valence-corrected chi connectivity index (χ2v) is 9.51. The molecule has 3 rings (SSSR count). The molecule has 0 spiro atoms. The lowest BCUT2D eigenvalue weighted by Crippen LogP contribution is -2.22. The van der Waals surface area contributed by atoms with Gasteiger partial charge in [-0.15, -0.1) is 0 Å². The van der Waals surface area contributed by atoms with Crippen LogP contribution in [0.5, 0.6) is 0 Å². The average molecular weight is 345 g/mol. The van der Waals surface area contributed by atoms with Crippen molar-refractivity contribution < 1.29 is 18.9 Å². The highest BCUT2D eigenvalue weighted by molar-refractivity contribution is 4.72. The van der Waals surface area contributed by atoms with Gasteiger partial charge in [0.2, 0.25) is 0 Å². The molecule has 0 amide bonds. The largest absolute Gasteiger partial charge is 0.381 e. The third-order valence-electron chi connectivity index (χ3n) is 4.62. The van der Waals surface area contributed by atoms with Crippen LogP contribution in [0.4, 0.5) is 0 Å². The van der Waals surface area contributed by atoms with E-state index in [-0.39, 0.29) is 5.41 Å². The van der Waals surface area contributed by atoms with Gasteiger partial charge in [-0.1, -0.05) is 41.5 Å². The Bertz CT molecular complexity index is 311. The fourth-order valence-corrected chi connectivity index (χ4v) is 2.55. The van der Waals surface area contributed by atoms with Gasteiger partial charge < -0.3 is 18.9 Å². The number of ether oxygens (including phenoxy) is 4. The van der Waals surface area contributed by atoms with E-state index in [1.165, 1.54) is 19.3 Å². The lowest BCUT2D eigenvalue weighted by molar-refractivity contribution is 0.0327. The summed E-state index contributed by atoms with van der Waals surface area (Å²) in [6.07, 6.45) is 3.69. The van der Waals surface area contributed by atoms with Gasteiger partial charge in [-0.3, -0.25) is 0 Å². The Hall–Kier alpha value is -0.160. The molecule has 24 heavy (non-hydrogen) atoms. The summed E-state index contributed by atoms with van der Waals surface area (Å²) in [5, 5.41) is 0. The molecule has 3 aliphatic rings. The Balaban J connectivity index is 0.000000181. The molecule has 4 nitrogen and oxygen atoms in total. The van der Waals surface area contributed by atoms with E-state index >= 15 is 0 Å². The van der Waals surface area contributed by atoms with E-state index in [0.717, 1.165) is 52.9 Å². The van der Waals surface area contributed by atoms with Crippen LogP contribution >= 0.6 is 0 Å². The van der Waals surface area contributed by atoms with Gasteiger partial charge in [0.15, 0.2) is 0 Å². The maximum absolute atomic E-state index is 5.28. The van der Waals surface area contributed by atoms with E-state index in [2.05, 4.69) is 41.5 Å². The molecule has 0 bridgehead atoms. The fraction of sp³-hybridized carbons (Fsp3) is 1.00. The minimum Gasteiger partial charge on any atom is -0.381 e. The fourth-order valence-electron chi connectivity index (χ4n) is 2.55. The van der Waals surface area contributed by atoms with Crippen molar-refractivity contribution in [3.8, 4) is 0 Å². The second kappa shape index (κ2) is 10.1. The Kier molecular flexibility index (Phi) is 9.21. The maximum Gasteiger partial charge on any atom is 0.0700 e. The van der Waals surface area contributed by atoms with Crippen LogP contribution in [0.2, 0.25) is 0 Å². The molecule has 3 fully saturated rings. The summed E-state index contributed by atoms with van der Waals surface area (Å²) in [6.45, 7) is 20.4. The summed E-state index contributed by atoms with van der Waals surface area (Å²) >= 11 is 0. The predicted octanol–water partition coefficient (Wildman–Crippen LogP) is 4.32. The third kappa shape index (κ3) is 10.7. The van der Waals surface area contributed by atoms with Crippen molar-refractivity contribution in [1.29, 1.82) is 0 Å². The minimum atomic E-state index is 0.219. The molecule has 0 aromatic rings. The minimum absolute atomic E-state index is 0.219. The molecule has 3 heterocycles. The van der Waals surface area contributed by atoms with Gasteiger partial charge in [-0.25, -0.2) is 0 Å². The van der Waals surface area contributed by atoms with E-state index in [1.54, 1.807) is 0 Å². The molecule has 0 N–H and O–H groups in total. The SMILES string of the molecule is CC1(C)CCOC1.CC1(C)CCOCC1.CC1(C)COCCOC1. The summed E-state index contributed by atoms with van der Waals surface area (Å²) in [5.41, 5.74) is 1.24. The lowest BCUT2D eigenvalue weighted by Gasteiger charge is -2.28. The zero-order valence-corrected chi connectivity index (χ0v) is 16.9. The summed E-state index contributed by atoms with van der Waals surface area (Å²) in [4.78, 5) is 0. The van der Waals surface area contributed by atoms with Crippen molar-refractivity contribution in [1.82, 2.24) is 0 Å². The van der Waals surface area contributed by atoms with Crippen molar-refractivity contribution >= 4 is 0 Å². The van der Waals surface area contributed by atoms with Gasteiger partial charge in [-0.2, -0.15) is 0 Å². The van der Waals surface area contributed by atoms with Crippen LogP contribution in [0.15, 0.2) is 0 Å². The summed E-state index contributed by atoms with van der Waals surface area (Å²) < 4.78 is 20.9. The van der Waals surface area contributed by atoms with Crippen molar-refractivity contribution in [2.75, 3.05) is 52.9 Å². The zero-order valence-electron chi connectivity index (χ0n) is 16.9. The van der Waals surface area contributed by atoms with Crippen molar-refractivity contribution in [3.63, 3.8) is 0 Å². The summed E-state index contributed by atoms with van der Waals surface area (Å²) in [5.74, 6) is 0. The predicted molar refractivity (Wildman–Crippen MR) is 98.5 cm³/mol. The Morgan fingerprint density at radius 3 is 1.08 bits per heavy atom. The van der Waals surface area contributed by atoms with Crippen LogP contribution in [0.1, 0.15) is 60.8 Å². The van der Waals surface area contributed by atoms with Crippen molar-refractivity contribution in [2.45, 2.75) is 60.8 Å². The van der Waals surface area contributed by atoms with Gasteiger partial charge >= 0.3 is 0 Å². The van der Waals surface area contributed by atoms with Gasteiger partial charge in [0.25, 0.3) is 0 Å². The van der Waals surface area contributed by atoms with Crippen LogP contribution in [-0.2, 0) is 18.9 Å². The molecule has 0 radical (unpaired) electrons. The highest BCUT2D eigenvalue weighted by Gasteiger charge is 2.23. The molecular weight excluding hydrogens is 304 g/mol. The molecule has 3 saturated heterocycles. The quantitative estimate of drug-likeness (QED) is 0.656. The first-order valence-electron chi connectivity index (χ1n) is 9.43. The maximum atomic E-state index is 5.28. The van der Waals surface area contributed by atoms with Crippen LogP contribution < -0.4 is 0 Å². The summed E-state index contributed by atoms with van der Waals surface area (Å²) in [6, 6.07) is 0. The van der Waals surface area contributed by atoms with E-state index in [4.69, 9.17) is 18.9 Å². The van der Waals surface area contributed by atoms with Gasteiger partial charge in [0.05, 0.1) is 33.0 Å². The molecule has 3 aliphatic heterocycles. The van der Waals surface area contributed by atoms with E-state index in [1.807, 2.05) is 0 Å². The molecule has 0 saturated carbocycles. The van der Waals surface area contributed by atoms with Crippen LogP contribution in [0.3, 0.4) is 0 Å². The second-order valence-electron chi connectivity index (χ2n) is 9.51. The Morgan fingerprint density at radius 2 is 0.792 bits per heavy atom.